The number of hydrogen-bond acceptors (Lipinski definition) is 4. The van der Waals surface area contributed by atoms with Gasteiger partial charge in [0.1, 0.15) is 11.7 Å². The molecule has 1 atom stereocenters. The smallest absolute Gasteiger partial charge is 0.337 e. The molecular weight excluding hydrogens is 304 g/mol. The number of fused-ring (bicyclic) bond motifs is 1. The summed E-state index contributed by atoms with van der Waals surface area (Å²) in [7, 11) is 0. The minimum Gasteiger partial charge on any atom is -0.464 e. The van der Waals surface area contributed by atoms with Gasteiger partial charge in [-0.15, -0.1) is 0 Å². The molecule has 1 unspecified atom stereocenters. The number of aliphatic hydroxyl groups excluding tert-OH is 1. The maximum absolute atomic E-state index is 12.3. The number of aliphatic hydroxyl groups is 1. The van der Waals surface area contributed by atoms with Gasteiger partial charge in [0, 0.05) is 10.9 Å². The van der Waals surface area contributed by atoms with E-state index in [1.54, 1.807) is 31.4 Å². The van der Waals surface area contributed by atoms with Crippen LogP contribution in [-0.4, -0.2) is 17.7 Å². The first-order chi connectivity index (χ1) is 11.7. The van der Waals surface area contributed by atoms with Crippen LogP contribution in [0.5, 0.6) is 0 Å². The third-order valence-corrected chi connectivity index (χ3v) is 3.74. The summed E-state index contributed by atoms with van der Waals surface area (Å²) in [5, 5.41) is 11.5. The summed E-state index contributed by atoms with van der Waals surface area (Å²) >= 11 is 0. The van der Waals surface area contributed by atoms with Crippen molar-refractivity contribution in [2.24, 2.45) is 0 Å². The molecule has 3 aromatic rings. The van der Waals surface area contributed by atoms with Crippen molar-refractivity contribution < 1.29 is 19.1 Å². The molecule has 0 spiro atoms. The van der Waals surface area contributed by atoms with Crippen LogP contribution in [0.15, 0.2) is 70.9 Å². The fourth-order valence-corrected chi connectivity index (χ4v) is 2.56. The summed E-state index contributed by atoms with van der Waals surface area (Å²) in [6, 6.07) is 16.6. The molecule has 0 amide bonds. The average Bonchev–Trinajstić information content (AvgIpc) is 3.03. The van der Waals surface area contributed by atoms with Gasteiger partial charge in [0.25, 0.3) is 0 Å². The van der Waals surface area contributed by atoms with E-state index < -0.39 is 12.1 Å². The number of hydrogen-bond donors (Lipinski definition) is 1. The number of carbonyl (C=O) groups excluding carboxylic acids is 1. The molecule has 0 fully saturated rings. The van der Waals surface area contributed by atoms with E-state index in [0.717, 1.165) is 16.5 Å². The van der Waals surface area contributed by atoms with Crippen LogP contribution in [0.3, 0.4) is 0 Å². The zero-order valence-electron chi connectivity index (χ0n) is 13.3. The van der Waals surface area contributed by atoms with Gasteiger partial charge in [0.05, 0.1) is 18.4 Å². The Bertz CT molecular complexity index is 861. The Kier molecular flexibility index (Phi) is 4.77. The molecule has 0 radical (unpaired) electrons. The Hall–Kier alpha value is -2.85. The van der Waals surface area contributed by atoms with Gasteiger partial charge in [-0.3, -0.25) is 0 Å². The normalized spacial score (nSPS) is 13.0. The number of para-hydroxylation sites is 1. The van der Waals surface area contributed by atoms with Crippen molar-refractivity contribution in [1.82, 2.24) is 0 Å². The molecule has 1 heterocycles. The van der Waals surface area contributed by atoms with E-state index >= 15 is 0 Å². The SMILES string of the molecule is CCOC(=O)/C(=C/c1coc2ccccc12)C(O)c1ccccc1. The summed E-state index contributed by atoms with van der Waals surface area (Å²) in [4.78, 5) is 12.3. The molecule has 0 bridgehead atoms. The Balaban J connectivity index is 2.06. The molecule has 0 aliphatic heterocycles. The van der Waals surface area contributed by atoms with Gasteiger partial charge in [-0.1, -0.05) is 48.5 Å². The molecule has 24 heavy (non-hydrogen) atoms. The van der Waals surface area contributed by atoms with Crippen molar-refractivity contribution >= 4 is 23.0 Å². The number of furan rings is 1. The lowest BCUT2D eigenvalue weighted by atomic mass is 9.99. The Morgan fingerprint density at radius 1 is 1.17 bits per heavy atom. The number of rotatable bonds is 5. The summed E-state index contributed by atoms with van der Waals surface area (Å²) in [6.07, 6.45) is 2.13. The van der Waals surface area contributed by atoms with E-state index in [4.69, 9.17) is 9.15 Å². The van der Waals surface area contributed by atoms with Crippen LogP contribution in [0.25, 0.3) is 17.0 Å². The minimum atomic E-state index is -1.07. The fourth-order valence-electron chi connectivity index (χ4n) is 2.56. The molecule has 0 aliphatic rings. The fraction of sp³-hybridized carbons (Fsp3) is 0.150. The van der Waals surface area contributed by atoms with Gasteiger partial charge in [0.15, 0.2) is 0 Å². The van der Waals surface area contributed by atoms with E-state index in [2.05, 4.69) is 0 Å². The van der Waals surface area contributed by atoms with Crippen molar-refractivity contribution in [2.75, 3.05) is 6.61 Å². The van der Waals surface area contributed by atoms with Crippen LogP contribution in [0.1, 0.15) is 24.2 Å². The summed E-state index contributed by atoms with van der Waals surface area (Å²) < 4.78 is 10.6. The highest BCUT2D eigenvalue weighted by molar-refractivity contribution is 5.98. The average molecular weight is 322 g/mol. The van der Waals surface area contributed by atoms with E-state index in [1.807, 2.05) is 42.5 Å². The van der Waals surface area contributed by atoms with Crippen LogP contribution < -0.4 is 0 Å². The lowest BCUT2D eigenvalue weighted by molar-refractivity contribution is -0.139. The van der Waals surface area contributed by atoms with Crippen LogP contribution in [0, 0.1) is 0 Å². The largest absolute Gasteiger partial charge is 0.464 e. The van der Waals surface area contributed by atoms with Crippen LogP contribution in [-0.2, 0) is 9.53 Å². The lowest BCUT2D eigenvalue weighted by Crippen LogP contribution is -2.14. The summed E-state index contributed by atoms with van der Waals surface area (Å²) in [5.74, 6) is -0.542. The second kappa shape index (κ2) is 7.15. The third kappa shape index (κ3) is 3.24. The van der Waals surface area contributed by atoms with Gasteiger partial charge in [0.2, 0.25) is 0 Å². The molecule has 0 saturated carbocycles. The van der Waals surface area contributed by atoms with Gasteiger partial charge in [-0.05, 0) is 24.6 Å². The van der Waals surface area contributed by atoms with Gasteiger partial charge < -0.3 is 14.3 Å². The first-order valence-corrected chi connectivity index (χ1v) is 7.78. The monoisotopic (exact) mass is 322 g/mol. The van der Waals surface area contributed by atoms with E-state index in [0.29, 0.717) is 5.56 Å². The lowest BCUT2D eigenvalue weighted by Gasteiger charge is -2.14. The molecule has 0 saturated heterocycles. The van der Waals surface area contributed by atoms with Gasteiger partial charge in [-0.25, -0.2) is 4.79 Å². The van der Waals surface area contributed by atoms with Gasteiger partial charge >= 0.3 is 5.97 Å². The Morgan fingerprint density at radius 2 is 1.88 bits per heavy atom. The van der Waals surface area contributed by atoms with E-state index in [1.165, 1.54) is 0 Å². The minimum absolute atomic E-state index is 0.176. The zero-order valence-corrected chi connectivity index (χ0v) is 13.3. The molecule has 4 heteroatoms. The highest BCUT2D eigenvalue weighted by Gasteiger charge is 2.22. The van der Waals surface area contributed by atoms with Crippen molar-refractivity contribution in [1.29, 1.82) is 0 Å². The number of esters is 1. The standard InChI is InChI=1S/C20H18O4/c1-2-23-20(22)17(19(21)14-8-4-3-5-9-14)12-15-13-24-18-11-7-6-10-16(15)18/h3-13,19,21H,2H2,1H3/b17-12+. The van der Waals surface area contributed by atoms with Crippen molar-refractivity contribution in [2.45, 2.75) is 13.0 Å². The first kappa shape index (κ1) is 16.0. The third-order valence-electron chi connectivity index (χ3n) is 3.74. The molecule has 3 rings (SSSR count). The van der Waals surface area contributed by atoms with Crippen molar-refractivity contribution in [3.8, 4) is 0 Å². The summed E-state index contributed by atoms with van der Waals surface area (Å²) in [5.41, 5.74) is 2.25. The summed E-state index contributed by atoms with van der Waals surface area (Å²) in [6.45, 7) is 1.97. The van der Waals surface area contributed by atoms with Crippen molar-refractivity contribution in [3.63, 3.8) is 0 Å². The van der Waals surface area contributed by atoms with Crippen LogP contribution in [0.4, 0.5) is 0 Å². The predicted octanol–water partition coefficient (Wildman–Crippen LogP) is 4.11. The molecule has 122 valence electrons. The maximum Gasteiger partial charge on any atom is 0.337 e. The maximum atomic E-state index is 12.3. The topological polar surface area (TPSA) is 59.7 Å². The number of carbonyl (C=O) groups is 1. The predicted molar refractivity (Wildman–Crippen MR) is 92.2 cm³/mol. The highest BCUT2D eigenvalue weighted by atomic mass is 16.5. The van der Waals surface area contributed by atoms with E-state index in [-0.39, 0.29) is 12.2 Å². The zero-order chi connectivity index (χ0) is 16.9. The van der Waals surface area contributed by atoms with Crippen molar-refractivity contribution in [3.05, 3.63) is 77.6 Å². The van der Waals surface area contributed by atoms with Crippen LogP contribution >= 0.6 is 0 Å². The Morgan fingerprint density at radius 3 is 2.62 bits per heavy atom. The van der Waals surface area contributed by atoms with E-state index in [9.17, 15) is 9.90 Å². The molecule has 4 nitrogen and oxygen atoms in total. The molecule has 1 aromatic heterocycles. The second-order valence-corrected chi connectivity index (χ2v) is 5.32. The van der Waals surface area contributed by atoms with Gasteiger partial charge in [-0.2, -0.15) is 0 Å². The quantitative estimate of drug-likeness (QED) is 0.567. The second-order valence-electron chi connectivity index (χ2n) is 5.32. The first-order valence-electron chi connectivity index (χ1n) is 7.78. The molecule has 2 aromatic carbocycles. The molecule has 0 aliphatic carbocycles. The highest BCUT2D eigenvalue weighted by Crippen LogP contribution is 2.28. The molecule has 1 N–H and O–H groups in total. The van der Waals surface area contributed by atoms with Crippen LogP contribution in [0.2, 0.25) is 0 Å². The number of benzene rings is 2. The Labute approximate surface area is 140 Å². The molecular formula is C20H18O4. The number of ether oxygens (including phenoxy) is 1.